The molecule has 1 aromatic rings. The Hall–Kier alpha value is -0.900. The van der Waals surface area contributed by atoms with Gasteiger partial charge in [0.2, 0.25) is 0 Å². The molecule has 2 rings (SSSR count). The Kier molecular flexibility index (Phi) is 4.61. The number of benzene rings is 1. The Morgan fingerprint density at radius 3 is 2.53 bits per heavy atom. The van der Waals surface area contributed by atoms with Gasteiger partial charge in [-0.15, -0.1) is 0 Å². The molecule has 0 bridgehead atoms. The molecule has 19 heavy (non-hydrogen) atoms. The third-order valence-corrected chi connectivity index (χ3v) is 4.38. The minimum Gasteiger partial charge on any atom is -0.389 e. The number of likely N-dealkylation sites (N-methyl/N-ethyl adjacent to an activating group) is 1. The van der Waals surface area contributed by atoms with Gasteiger partial charge in [-0.3, -0.25) is 4.90 Å². The van der Waals surface area contributed by atoms with Gasteiger partial charge in [-0.25, -0.2) is 0 Å². The maximum absolute atomic E-state index is 10.5. The maximum Gasteiger partial charge on any atom is 0.0774 e. The van der Waals surface area contributed by atoms with Gasteiger partial charge in [-0.1, -0.05) is 37.1 Å². The van der Waals surface area contributed by atoms with E-state index in [1.54, 1.807) is 0 Å². The summed E-state index contributed by atoms with van der Waals surface area (Å²) in [5.41, 5.74) is 8.00. The molecule has 1 aliphatic carbocycles. The van der Waals surface area contributed by atoms with E-state index in [1.807, 2.05) is 0 Å². The summed E-state index contributed by atoms with van der Waals surface area (Å²) < 4.78 is 0. The van der Waals surface area contributed by atoms with E-state index in [0.717, 1.165) is 25.7 Å². The van der Waals surface area contributed by atoms with Gasteiger partial charge in [0.15, 0.2) is 0 Å². The molecule has 0 aromatic heterocycles. The summed E-state index contributed by atoms with van der Waals surface area (Å²) in [5.74, 6) is 0. The second-order valence-corrected chi connectivity index (χ2v) is 5.95. The fourth-order valence-corrected chi connectivity index (χ4v) is 3.27. The fourth-order valence-electron chi connectivity index (χ4n) is 3.27. The Labute approximate surface area is 116 Å². The van der Waals surface area contributed by atoms with Gasteiger partial charge < -0.3 is 10.8 Å². The van der Waals surface area contributed by atoms with E-state index >= 15 is 0 Å². The molecule has 0 spiro atoms. The van der Waals surface area contributed by atoms with Crippen molar-refractivity contribution in [2.24, 2.45) is 5.73 Å². The molecule has 3 N–H and O–H groups in total. The topological polar surface area (TPSA) is 49.5 Å². The van der Waals surface area contributed by atoms with Crippen molar-refractivity contribution in [2.75, 3.05) is 20.1 Å². The first-order chi connectivity index (χ1) is 9.06. The first-order valence-corrected chi connectivity index (χ1v) is 7.24. The number of hydrogen-bond donors (Lipinski definition) is 2. The Morgan fingerprint density at radius 1 is 1.32 bits per heavy atom. The van der Waals surface area contributed by atoms with Crippen LogP contribution in [0.5, 0.6) is 0 Å². The van der Waals surface area contributed by atoms with Crippen molar-refractivity contribution in [1.29, 1.82) is 0 Å². The lowest BCUT2D eigenvalue weighted by atomic mass is 9.97. The van der Waals surface area contributed by atoms with Gasteiger partial charge in [0, 0.05) is 19.1 Å². The summed E-state index contributed by atoms with van der Waals surface area (Å²) in [6.45, 7) is 3.41. The minimum absolute atomic E-state index is 0.186. The quantitative estimate of drug-likeness (QED) is 0.855. The lowest BCUT2D eigenvalue weighted by molar-refractivity contribution is 0.00586. The summed E-state index contributed by atoms with van der Waals surface area (Å²) in [6, 6.07) is 8.56. The monoisotopic (exact) mass is 262 g/mol. The predicted octanol–water partition coefficient (Wildman–Crippen LogP) is 2.23. The molecule has 0 radical (unpaired) electrons. The summed E-state index contributed by atoms with van der Waals surface area (Å²) in [7, 11) is 2.07. The zero-order chi connectivity index (χ0) is 13.9. The molecule has 1 unspecified atom stereocenters. The highest BCUT2D eigenvalue weighted by Gasteiger charge is 2.34. The average molecular weight is 262 g/mol. The van der Waals surface area contributed by atoms with Crippen molar-refractivity contribution in [3.05, 3.63) is 35.4 Å². The van der Waals surface area contributed by atoms with Crippen molar-refractivity contribution in [3.8, 4) is 0 Å². The van der Waals surface area contributed by atoms with Crippen LogP contribution in [-0.2, 0) is 0 Å². The molecule has 0 aliphatic heterocycles. The van der Waals surface area contributed by atoms with E-state index in [2.05, 4.69) is 43.1 Å². The molecule has 0 amide bonds. The second kappa shape index (κ2) is 6.04. The summed E-state index contributed by atoms with van der Waals surface area (Å²) >= 11 is 0. The van der Waals surface area contributed by atoms with Gasteiger partial charge in [0.05, 0.1) is 5.60 Å². The SMILES string of the molecule is Cc1ccccc1C(CN)N(C)CC1(O)CCCC1. The average Bonchev–Trinajstić information content (AvgIpc) is 2.79. The van der Waals surface area contributed by atoms with Gasteiger partial charge in [0.25, 0.3) is 0 Å². The van der Waals surface area contributed by atoms with Crippen molar-refractivity contribution < 1.29 is 5.11 Å². The third-order valence-electron chi connectivity index (χ3n) is 4.38. The lowest BCUT2D eigenvalue weighted by Crippen LogP contribution is -2.42. The molecule has 0 saturated heterocycles. The molecule has 3 nitrogen and oxygen atoms in total. The number of hydrogen-bond acceptors (Lipinski definition) is 3. The van der Waals surface area contributed by atoms with Crippen LogP contribution < -0.4 is 5.73 Å². The number of nitrogens with zero attached hydrogens (tertiary/aromatic N) is 1. The summed E-state index contributed by atoms with van der Waals surface area (Å²) in [6.07, 6.45) is 4.12. The van der Waals surface area contributed by atoms with Gasteiger partial charge in [-0.05, 0) is 37.9 Å². The van der Waals surface area contributed by atoms with E-state index < -0.39 is 5.60 Å². The number of rotatable bonds is 5. The van der Waals surface area contributed by atoms with Crippen molar-refractivity contribution in [3.63, 3.8) is 0 Å². The Balaban J connectivity index is 2.11. The van der Waals surface area contributed by atoms with E-state index in [9.17, 15) is 5.11 Å². The zero-order valence-electron chi connectivity index (χ0n) is 12.1. The zero-order valence-corrected chi connectivity index (χ0v) is 12.1. The molecule has 3 heteroatoms. The molecule has 1 aromatic carbocycles. The molecule has 0 heterocycles. The number of aliphatic hydroxyl groups is 1. The maximum atomic E-state index is 10.5. The standard InChI is InChI=1S/C16H26N2O/c1-13-7-3-4-8-14(13)15(11-17)18(2)12-16(19)9-5-6-10-16/h3-4,7-8,15,19H,5-6,9-12,17H2,1-2H3. The molecular formula is C16H26N2O. The number of aryl methyl sites for hydroxylation is 1. The van der Waals surface area contributed by atoms with Gasteiger partial charge in [0.1, 0.15) is 0 Å². The van der Waals surface area contributed by atoms with Crippen LogP contribution in [0.15, 0.2) is 24.3 Å². The van der Waals surface area contributed by atoms with Crippen LogP contribution in [-0.4, -0.2) is 35.7 Å². The highest BCUT2D eigenvalue weighted by atomic mass is 16.3. The van der Waals surface area contributed by atoms with Crippen LogP contribution in [0.1, 0.15) is 42.9 Å². The van der Waals surface area contributed by atoms with Crippen LogP contribution >= 0.6 is 0 Å². The number of nitrogens with two attached hydrogens (primary N) is 1. The normalized spacial score (nSPS) is 19.8. The molecule has 1 fully saturated rings. The molecule has 1 aliphatic rings. The molecule has 106 valence electrons. The smallest absolute Gasteiger partial charge is 0.0774 e. The Morgan fingerprint density at radius 2 is 1.95 bits per heavy atom. The van der Waals surface area contributed by atoms with Crippen LogP contribution in [0.3, 0.4) is 0 Å². The Bertz CT molecular complexity index is 413. The summed E-state index contributed by atoms with van der Waals surface area (Å²) in [5, 5.41) is 10.5. The van der Waals surface area contributed by atoms with E-state index in [1.165, 1.54) is 11.1 Å². The van der Waals surface area contributed by atoms with Crippen molar-refractivity contribution in [1.82, 2.24) is 4.90 Å². The van der Waals surface area contributed by atoms with E-state index in [0.29, 0.717) is 13.1 Å². The van der Waals surface area contributed by atoms with Crippen molar-refractivity contribution in [2.45, 2.75) is 44.2 Å². The second-order valence-electron chi connectivity index (χ2n) is 5.95. The molecule has 1 saturated carbocycles. The first kappa shape index (κ1) is 14.5. The largest absolute Gasteiger partial charge is 0.389 e. The minimum atomic E-state index is -0.509. The summed E-state index contributed by atoms with van der Waals surface area (Å²) in [4.78, 5) is 2.22. The molecular weight excluding hydrogens is 236 g/mol. The third kappa shape index (κ3) is 3.35. The van der Waals surface area contributed by atoms with E-state index in [-0.39, 0.29) is 6.04 Å². The van der Waals surface area contributed by atoms with Crippen LogP contribution in [0, 0.1) is 6.92 Å². The predicted molar refractivity (Wildman–Crippen MR) is 79.0 cm³/mol. The first-order valence-electron chi connectivity index (χ1n) is 7.24. The van der Waals surface area contributed by atoms with Gasteiger partial charge >= 0.3 is 0 Å². The van der Waals surface area contributed by atoms with Crippen LogP contribution in [0.2, 0.25) is 0 Å². The lowest BCUT2D eigenvalue weighted by Gasteiger charge is -2.34. The highest BCUT2D eigenvalue weighted by molar-refractivity contribution is 5.29. The molecule has 1 atom stereocenters. The van der Waals surface area contributed by atoms with Crippen LogP contribution in [0.4, 0.5) is 0 Å². The van der Waals surface area contributed by atoms with E-state index in [4.69, 9.17) is 5.73 Å². The fraction of sp³-hybridized carbons (Fsp3) is 0.625. The highest BCUT2D eigenvalue weighted by Crippen LogP contribution is 2.32. The van der Waals surface area contributed by atoms with Gasteiger partial charge in [-0.2, -0.15) is 0 Å². The van der Waals surface area contributed by atoms with Crippen LogP contribution in [0.25, 0.3) is 0 Å². The van der Waals surface area contributed by atoms with Crippen molar-refractivity contribution >= 4 is 0 Å².